The maximum Gasteiger partial charge on any atom is 0.319 e. The first-order valence-corrected chi connectivity index (χ1v) is 8.99. The van der Waals surface area contributed by atoms with E-state index >= 15 is 0 Å². The fourth-order valence-corrected chi connectivity index (χ4v) is 3.27. The summed E-state index contributed by atoms with van der Waals surface area (Å²) < 4.78 is 11.0. The Morgan fingerprint density at radius 3 is 2.59 bits per heavy atom. The zero-order valence-corrected chi connectivity index (χ0v) is 15.2. The van der Waals surface area contributed by atoms with Gasteiger partial charge in [0, 0.05) is 35.4 Å². The van der Waals surface area contributed by atoms with Gasteiger partial charge in [0.1, 0.15) is 13.2 Å². The number of nitrogens with zero attached hydrogens (tertiary/aromatic N) is 1. The molecular weight excluding hydrogens is 370 g/mol. The van der Waals surface area contributed by atoms with Crippen molar-refractivity contribution in [2.24, 2.45) is 0 Å². The molecule has 2 aliphatic rings. The SMILES string of the molecule is O=C(Nc1ccc2c(c1)OCCO2)NC1CC(=O)N(c2ccc(Cl)cc2)C1. The van der Waals surface area contributed by atoms with Crippen LogP contribution in [0.1, 0.15) is 6.42 Å². The van der Waals surface area contributed by atoms with Crippen LogP contribution in [0.3, 0.4) is 0 Å². The number of hydrogen-bond donors (Lipinski definition) is 2. The summed E-state index contributed by atoms with van der Waals surface area (Å²) in [7, 11) is 0. The molecule has 0 saturated carbocycles. The maximum absolute atomic E-state index is 12.3. The van der Waals surface area contributed by atoms with Crippen LogP contribution in [0, 0.1) is 0 Å². The highest BCUT2D eigenvalue weighted by Crippen LogP contribution is 2.32. The third-order valence-electron chi connectivity index (χ3n) is 4.40. The molecule has 1 saturated heterocycles. The molecule has 1 atom stereocenters. The van der Waals surface area contributed by atoms with E-state index < -0.39 is 0 Å². The number of nitrogens with one attached hydrogen (secondary N) is 2. The summed E-state index contributed by atoms with van der Waals surface area (Å²) in [5, 5.41) is 6.21. The van der Waals surface area contributed by atoms with E-state index in [9.17, 15) is 9.59 Å². The van der Waals surface area contributed by atoms with E-state index in [0.717, 1.165) is 5.69 Å². The van der Waals surface area contributed by atoms with Crippen molar-refractivity contribution >= 4 is 34.9 Å². The van der Waals surface area contributed by atoms with Gasteiger partial charge in [0.05, 0.1) is 6.04 Å². The topological polar surface area (TPSA) is 79.9 Å². The molecule has 4 rings (SSSR count). The van der Waals surface area contributed by atoms with E-state index in [1.807, 2.05) is 0 Å². The van der Waals surface area contributed by atoms with Crippen LogP contribution in [0.4, 0.5) is 16.2 Å². The van der Waals surface area contributed by atoms with Gasteiger partial charge in [0.15, 0.2) is 11.5 Å². The summed E-state index contributed by atoms with van der Waals surface area (Å²) >= 11 is 5.89. The minimum absolute atomic E-state index is 0.0399. The molecule has 0 radical (unpaired) electrons. The molecule has 2 aliphatic heterocycles. The summed E-state index contributed by atoms with van der Waals surface area (Å²) in [6.07, 6.45) is 0.247. The average molecular weight is 388 g/mol. The normalized spacial score (nSPS) is 18.3. The summed E-state index contributed by atoms with van der Waals surface area (Å²) in [6.45, 7) is 1.41. The van der Waals surface area contributed by atoms with Crippen LogP contribution in [-0.4, -0.2) is 37.7 Å². The van der Waals surface area contributed by atoms with Crippen molar-refractivity contribution in [1.29, 1.82) is 0 Å². The van der Waals surface area contributed by atoms with Crippen molar-refractivity contribution < 1.29 is 19.1 Å². The number of urea groups is 1. The molecule has 140 valence electrons. The van der Waals surface area contributed by atoms with E-state index in [2.05, 4.69) is 10.6 Å². The number of benzene rings is 2. The molecule has 3 amide bonds. The second kappa shape index (κ2) is 7.36. The standard InChI is InChI=1S/C19H18ClN3O4/c20-12-1-4-15(5-2-12)23-11-14(10-18(23)24)22-19(25)21-13-3-6-16-17(9-13)27-8-7-26-16/h1-6,9,14H,7-8,10-11H2,(H2,21,22,25). The first-order valence-electron chi connectivity index (χ1n) is 8.61. The number of carbonyl (C=O) groups excluding carboxylic acids is 2. The number of hydrogen-bond acceptors (Lipinski definition) is 4. The second-order valence-electron chi connectivity index (χ2n) is 6.34. The Morgan fingerprint density at radius 1 is 1.07 bits per heavy atom. The number of ether oxygens (including phenoxy) is 2. The lowest BCUT2D eigenvalue weighted by atomic mass is 10.2. The van der Waals surface area contributed by atoms with Gasteiger partial charge in [0.25, 0.3) is 0 Å². The van der Waals surface area contributed by atoms with Crippen LogP contribution >= 0.6 is 11.6 Å². The third-order valence-corrected chi connectivity index (χ3v) is 4.65. The maximum atomic E-state index is 12.3. The Kier molecular flexibility index (Phi) is 4.77. The minimum atomic E-state index is -0.373. The third kappa shape index (κ3) is 3.93. The number of amides is 3. The smallest absolute Gasteiger partial charge is 0.319 e. The number of carbonyl (C=O) groups is 2. The number of fused-ring (bicyclic) bond motifs is 1. The van der Waals surface area contributed by atoms with Crippen LogP contribution in [0.15, 0.2) is 42.5 Å². The van der Waals surface area contributed by atoms with Crippen molar-refractivity contribution in [1.82, 2.24) is 5.32 Å². The van der Waals surface area contributed by atoms with Crippen LogP contribution in [-0.2, 0) is 4.79 Å². The Morgan fingerprint density at radius 2 is 1.81 bits per heavy atom. The molecule has 2 aromatic rings. The van der Waals surface area contributed by atoms with E-state index in [1.165, 1.54) is 0 Å². The van der Waals surface area contributed by atoms with E-state index in [-0.39, 0.29) is 24.4 Å². The van der Waals surface area contributed by atoms with Gasteiger partial charge in [-0.15, -0.1) is 0 Å². The molecule has 1 unspecified atom stereocenters. The molecule has 0 aliphatic carbocycles. The van der Waals surface area contributed by atoms with E-state index in [1.54, 1.807) is 47.4 Å². The van der Waals surface area contributed by atoms with Gasteiger partial charge < -0.3 is 25.0 Å². The zero-order valence-electron chi connectivity index (χ0n) is 14.4. The Hall–Kier alpha value is -2.93. The lowest BCUT2D eigenvalue weighted by Crippen LogP contribution is -2.39. The number of halogens is 1. The van der Waals surface area contributed by atoms with Crippen molar-refractivity contribution in [3.05, 3.63) is 47.5 Å². The Labute approximate surface area is 161 Å². The minimum Gasteiger partial charge on any atom is -0.486 e. The fourth-order valence-electron chi connectivity index (χ4n) is 3.15. The van der Waals surface area contributed by atoms with Gasteiger partial charge in [-0.2, -0.15) is 0 Å². The highest BCUT2D eigenvalue weighted by atomic mass is 35.5. The largest absolute Gasteiger partial charge is 0.486 e. The molecule has 1 fully saturated rings. The van der Waals surface area contributed by atoms with Gasteiger partial charge in [-0.1, -0.05) is 11.6 Å². The van der Waals surface area contributed by atoms with Gasteiger partial charge >= 0.3 is 6.03 Å². The lowest BCUT2D eigenvalue weighted by Gasteiger charge is -2.19. The van der Waals surface area contributed by atoms with Gasteiger partial charge in [-0.05, 0) is 36.4 Å². The highest BCUT2D eigenvalue weighted by molar-refractivity contribution is 6.30. The van der Waals surface area contributed by atoms with Crippen LogP contribution in [0.5, 0.6) is 11.5 Å². The quantitative estimate of drug-likeness (QED) is 0.848. The van der Waals surface area contributed by atoms with E-state index in [4.69, 9.17) is 21.1 Å². The van der Waals surface area contributed by atoms with E-state index in [0.29, 0.717) is 42.0 Å². The second-order valence-corrected chi connectivity index (χ2v) is 6.78. The van der Waals surface area contributed by atoms with Gasteiger partial charge in [-0.3, -0.25) is 4.79 Å². The molecule has 2 N–H and O–H groups in total. The first-order chi connectivity index (χ1) is 13.1. The average Bonchev–Trinajstić information content (AvgIpc) is 3.02. The van der Waals surface area contributed by atoms with Crippen molar-refractivity contribution in [3.63, 3.8) is 0 Å². The lowest BCUT2D eigenvalue weighted by molar-refractivity contribution is -0.117. The molecule has 0 bridgehead atoms. The molecular formula is C19H18ClN3O4. The predicted octanol–water partition coefficient (Wildman–Crippen LogP) is 3.04. The molecule has 27 heavy (non-hydrogen) atoms. The van der Waals surface area contributed by atoms with Crippen molar-refractivity contribution in [2.75, 3.05) is 30.0 Å². The zero-order chi connectivity index (χ0) is 18.8. The molecule has 0 spiro atoms. The van der Waals surface area contributed by atoms with Crippen molar-refractivity contribution in [2.45, 2.75) is 12.5 Å². The highest BCUT2D eigenvalue weighted by Gasteiger charge is 2.31. The number of anilines is 2. The summed E-state index contributed by atoms with van der Waals surface area (Å²) in [5.74, 6) is 1.22. The summed E-state index contributed by atoms with van der Waals surface area (Å²) in [6, 6.07) is 11.6. The van der Waals surface area contributed by atoms with Crippen LogP contribution < -0.4 is 25.0 Å². The molecule has 2 aromatic carbocycles. The Balaban J connectivity index is 1.36. The summed E-state index contributed by atoms with van der Waals surface area (Å²) in [4.78, 5) is 26.2. The molecule has 7 nitrogen and oxygen atoms in total. The summed E-state index contributed by atoms with van der Waals surface area (Å²) in [5.41, 5.74) is 1.36. The molecule has 2 heterocycles. The Bertz CT molecular complexity index is 872. The van der Waals surface area contributed by atoms with Gasteiger partial charge in [-0.25, -0.2) is 4.79 Å². The number of rotatable bonds is 3. The van der Waals surface area contributed by atoms with Crippen LogP contribution in [0.2, 0.25) is 5.02 Å². The van der Waals surface area contributed by atoms with Gasteiger partial charge in [0.2, 0.25) is 5.91 Å². The van der Waals surface area contributed by atoms with Crippen molar-refractivity contribution in [3.8, 4) is 11.5 Å². The molecule has 8 heteroatoms. The monoisotopic (exact) mass is 387 g/mol. The molecule has 0 aromatic heterocycles. The van der Waals surface area contributed by atoms with Crippen LogP contribution in [0.25, 0.3) is 0 Å². The first kappa shape index (κ1) is 17.5. The fraction of sp³-hybridized carbons (Fsp3) is 0.263. The predicted molar refractivity (Wildman–Crippen MR) is 102 cm³/mol.